The Morgan fingerprint density at radius 1 is 0.204 bits per heavy atom. The van der Waals surface area contributed by atoms with E-state index in [1.807, 2.05) is 108 Å². The van der Waals surface area contributed by atoms with Crippen LogP contribution in [0.3, 0.4) is 0 Å². The molecular weight excluding hydrogens is 1350 g/mol. The molecule has 8 aromatic heterocycles. The summed E-state index contributed by atoms with van der Waals surface area (Å²) in [6.07, 6.45) is 0. The van der Waals surface area contributed by atoms with Gasteiger partial charge in [-0.25, -0.2) is 9.97 Å². The zero-order chi connectivity index (χ0) is 70.9. The van der Waals surface area contributed by atoms with E-state index in [1.165, 1.54) is 36.5 Å². The molecule has 23 rings (SSSR count). The molecule has 15 aromatic carbocycles. The summed E-state index contributed by atoms with van der Waals surface area (Å²) in [7, 11) is 0. The van der Waals surface area contributed by atoms with Gasteiger partial charge >= 0.3 is 0 Å². The van der Waals surface area contributed by atoms with Crippen LogP contribution in [0.15, 0.2) is 353 Å². The van der Waals surface area contributed by atoms with E-state index >= 15 is 0 Å². The topological polar surface area (TPSA) is 127 Å². The molecule has 0 amide bonds. The number of hydrogen-bond acceptors (Lipinski definition) is 10. The Morgan fingerprint density at radius 3 is 1.18 bits per heavy atom. The van der Waals surface area contributed by atoms with Gasteiger partial charge in [0.05, 0.1) is 22.1 Å². The maximum atomic E-state index is 6.50. The number of benzene rings is 15. The second-order valence-electron chi connectivity index (χ2n) is 27.2. The summed E-state index contributed by atoms with van der Waals surface area (Å²) >= 11 is 1.83. The summed E-state index contributed by atoms with van der Waals surface area (Å²) < 4.78 is 26.2. The lowest BCUT2D eigenvalue weighted by Gasteiger charge is -2.11. The third kappa shape index (κ3) is 9.88. The number of para-hydroxylation sites is 3. The molecule has 504 valence electrons. The van der Waals surface area contributed by atoms with Crippen LogP contribution in [0, 0.1) is 0 Å². The average molecular weight is 1400 g/mol. The molecule has 0 aliphatic carbocycles. The molecule has 11 nitrogen and oxygen atoms in total. The summed E-state index contributed by atoms with van der Waals surface area (Å²) in [6, 6.07) is 117. The van der Waals surface area contributed by atoms with E-state index in [0.717, 1.165) is 149 Å². The highest BCUT2D eigenvalue weighted by Crippen LogP contribution is 2.47. The molecule has 0 N–H and O–H groups in total. The number of furan rings is 3. The summed E-state index contributed by atoms with van der Waals surface area (Å²) in [6.45, 7) is 0. The van der Waals surface area contributed by atoms with Crippen molar-refractivity contribution in [3.8, 4) is 90.8 Å². The Hall–Kier alpha value is -14.5. The van der Waals surface area contributed by atoms with Crippen LogP contribution in [0.4, 0.5) is 0 Å². The lowest BCUT2D eigenvalue weighted by Crippen LogP contribution is -2.06. The van der Waals surface area contributed by atoms with Crippen LogP contribution in [0.5, 0.6) is 0 Å². The number of fused-ring (bicyclic) bond motifs is 20. The molecule has 0 spiro atoms. The van der Waals surface area contributed by atoms with Crippen LogP contribution in [0.25, 0.3) is 220 Å². The van der Waals surface area contributed by atoms with Crippen molar-refractivity contribution in [3.05, 3.63) is 340 Å². The highest BCUT2D eigenvalue weighted by Gasteiger charge is 2.25. The first kappa shape index (κ1) is 61.1. The third-order valence-electron chi connectivity index (χ3n) is 20.9. The molecular formula is C96H56N8O3S. The van der Waals surface area contributed by atoms with E-state index in [1.54, 1.807) is 0 Å². The zero-order valence-electron chi connectivity index (χ0n) is 57.5. The maximum Gasteiger partial charge on any atom is 0.238 e. The molecule has 0 radical (unpaired) electrons. The molecule has 0 saturated heterocycles. The smallest absolute Gasteiger partial charge is 0.238 e. The maximum absolute atomic E-state index is 6.50. The Bertz CT molecular complexity index is 7570. The lowest BCUT2D eigenvalue weighted by molar-refractivity contribution is 0.668. The van der Waals surface area contributed by atoms with E-state index in [-0.39, 0.29) is 0 Å². The minimum atomic E-state index is 0.542. The standard InChI is InChI=1S/C51H30N4O2.C45H26N4OS/c1-3-13-31(14-4-1)36-21-12-24-43-46(36)39-26-25-34(30-45(39)57-43)33-17-11-18-35(29-33)50-52-49(32-15-5-2-6-16-32)53-51(54-50)55-40-22-9-7-19-37(40)47-41(55)27-28-44-48(47)38-20-8-10-23-42(38)56-44;1-3-12-27(13-4-1)30-18-11-20-36-40(30)32-23-22-29(26-37(32)50-36)44-46-43(28-14-5-2-6-15-28)47-45(48-44)49-34-19-9-7-16-31(34)41-35(49)24-25-39-42(41)33-17-8-10-21-38(33)51-39/h1-30H;1-26H. The van der Waals surface area contributed by atoms with Crippen molar-refractivity contribution in [2.24, 2.45) is 0 Å². The summed E-state index contributed by atoms with van der Waals surface area (Å²) in [5.74, 6) is 3.48. The number of hydrogen-bond donors (Lipinski definition) is 0. The van der Waals surface area contributed by atoms with Gasteiger partial charge in [-0.05, 0) is 124 Å². The number of aromatic nitrogens is 8. The molecule has 8 heterocycles. The van der Waals surface area contributed by atoms with Crippen LogP contribution in [0.2, 0.25) is 0 Å². The average Bonchev–Trinajstić information content (AvgIpc) is 1.51. The van der Waals surface area contributed by atoms with Gasteiger partial charge in [0.15, 0.2) is 23.3 Å². The van der Waals surface area contributed by atoms with Crippen LogP contribution >= 0.6 is 11.3 Å². The molecule has 0 aliphatic rings. The van der Waals surface area contributed by atoms with Gasteiger partial charge in [0, 0.05) is 96.3 Å². The molecule has 108 heavy (non-hydrogen) atoms. The Kier molecular flexibility index (Phi) is 13.9. The van der Waals surface area contributed by atoms with Crippen molar-refractivity contribution in [1.29, 1.82) is 0 Å². The Labute approximate surface area is 619 Å². The van der Waals surface area contributed by atoms with Crippen molar-refractivity contribution in [2.45, 2.75) is 0 Å². The van der Waals surface area contributed by atoms with Crippen LogP contribution in [0.1, 0.15) is 0 Å². The Balaban J connectivity index is 0.000000135. The van der Waals surface area contributed by atoms with Crippen LogP contribution in [-0.4, -0.2) is 39.0 Å². The second-order valence-corrected chi connectivity index (χ2v) is 28.2. The van der Waals surface area contributed by atoms with E-state index < -0.39 is 0 Å². The third-order valence-corrected chi connectivity index (χ3v) is 22.1. The van der Waals surface area contributed by atoms with Crippen LogP contribution < -0.4 is 0 Å². The monoisotopic (exact) mass is 1400 g/mol. The van der Waals surface area contributed by atoms with Crippen molar-refractivity contribution in [1.82, 2.24) is 39.0 Å². The van der Waals surface area contributed by atoms with E-state index in [0.29, 0.717) is 35.2 Å². The molecule has 0 atom stereocenters. The SMILES string of the molecule is c1ccc(-c2nc(-c3ccc4c(c3)oc3cccc(-c5ccccc5)c34)nc(-n3c4ccccc4c4c5c(ccc43)sc3ccccc35)n2)cc1.c1ccc(-c2nc(-c3cccc(-c4ccc5c(c4)oc4cccc(-c6ccccc6)c45)c3)nc(-n3c4ccccc4c4c5c(ccc43)oc3ccccc35)n2)cc1. The molecule has 0 bridgehead atoms. The minimum Gasteiger partial charge on any atom is -0.456 e. The molecule has 23 aromatic rings. The molecule has 0 unspecified atom stereocenters. The van der Waals surface area contributed by atoms with E-state index in [4.69, 9.17) is 43.2 Å². The van der Waals surface area contributed by atoms with Gasteiger partial charge in [0.25, 0.3) is 0 Å². The Morgan fingerprint density at radius 2 is 0.593 bits per heavy atom. The summed E-state index contributed by atoms with van der Waals surface area (Å²) in [4.78, 5) is 31.0. The highest BCUT2D eigenvalue weighted by molar-refractivity contribution is 7.26. The summed E-state index contributed by atoms with van der Waals surface area (Å²) in [5, 5.41) is 13.7. The molecule has 0 fully saturated rings. The second kappa shape index (κ2) is 24.6. The van der Waals surface area contributed by atoms with Crippen LogP contribution in [-0.2, 0) is 0 Å². The number of thiophene rings is 1. The zero-order valence-corrected chi connectivity index (χ0v) is 58.4. The lowest BCUT2D eigenvalue weighted by atomic mass is 9.97. The number of nitrogens with zero attached hydrogens (tertiary/aromatic N) is 8. The van der Waals surface area contributed by atoms with Crippen molar-refractivity contribution >= 4 is 141 Å². The van der Waals surface area contributed by atoms with Crippen molar-refractivity contribution < 1.29 is 13.3 Å². The highest BCUT2D eigenvalue weighted by atomic mass is 32.1. The molecule has 12 heteroatoms. The predicted octanol–water partition coefficient (Wildman–Crippen LogP) is 25.7. The van der Waals surface area contributed by atoms with E-state index in [2.05, 4.69) is 252 Å². The quantitative estimate of drug-likeness (QED) is 0.139. The van der Waals surface area contributed by atoms with Gasteiger partial charge in [-0.3, -0.25) is 9.13 Å². The van der Waals surface area contributed by atoms with Gasteiger partial charge in [-0.2, -0.15) is 19.9 Å². The van der Waals surface area contributed by atoms with Gasteiger partial charge in [0.1, 0.15) is 33.5 Å². The fourth-order valence-electron chi connectivity index (χ4n) is 16.1. The van der Waals surface area contributed by atoms with Crippen molar-refractivity contribution in [3.63, 3.8) is 0 Å². The van der Waals surface area contributed by atoms with E-state index in [9.17, 15) is 0 Å². The molecule has 0 aliphatic heterocycles. The first-order valence-electron chi connectivity index (χ1n) is 36.0. The molecule has 0 saturated carbocycles. The fourth-order valence-corrected chi connectivity index (χ4v) is 17.2. The van der Waals surface area contributed by atoms with Gasteiger partial charge in [-0.1, -0.05) is 249 Å². The minimum absolute atomic E-state index is 0.542. The fraction of sp³-hybridized carbons (Fsp3) is 0. The number of rotatable bonds is 9. The largest absolute Gasteiger partial charge is 0.456 e. The van der Waals surface area contributed by atoms with Gasteiger partial charge in [-0.15, -0.1) is 11.3 Å². The van der Waals surface area contributed by atoms with Gasteiger partial charge in [0.2, 0.25) is 11.9 Å². The van der Waals surface area contributed by atoms with Crippen molar-refractivity contribution in [2.75, 3.05) is 0 Å². The summed E-state index contributed by atoms with van der Waals surface area (Å²) in [5.41, 5.74) is 19.4. The first-order chi connectivity index (χ1) is 53.5. The van der Waals surface area contributed by atoms with Gasteiger partial charge < -0.3 is 13.3 Å². The first-order valence-corrected chi connectivity index (χ1v) is 36.8. The normalized spacial score (nSPS) is 11.9. The predicted molar refractivity (Wildman–Crippen MR) is 441 cm³/mol.